The number of aromatic nitrogens is 2. The number of hydrogen-bond donors (Lipinski definition) is 0. The first-order chi connectivity index (χ1) is 13.9. The van der Waals surface area contributed by atoms with Crippen LogP contribution < -0.4 is 5.56 Å². The number of aryl methyl sites for hydroxylation is 2. The van der Waals surface area contributed by atoms with Gasteiger partial charge in [-0.2, -0.15) is 0 Å². The second-order valence-electron chi connectivity index (χ2n) is 8.88. The molecule has 7 heteroatoms. The van der Waals surface area contributed by atoms with Gasteiger partial charge in [-0.05, 0) is 51.6 Å². The van der Waals surface area contributed by atoms with Crippen molar-refractivity contribution >= 4 is 27.5 Å². The standard InChI is InChI=1S/C22H32N4O2S/c1-14(2)20-23-21-19(15(3)16(4)29-21)22(28)26(20)17-8-7-9-24(12-17)13-18(27)25-10-5-6-11-25/h14,17H,5-13H2,1-4H3/t17-/m0/s1. The normalized spacial score (nSPS) is 20.9. The van der Waals surface area contributed by atoms with E-state index in [1.54, 1.807) is 11.3 Å². The molecule has 0 radical (unpaired) electrons. The van der Waals surface area contributed by atoms with E-state index < -0.39 is 0 Å². The highest BCUT2D eigenvalue weighted by Gasteiger charge is 2.29. The van der Waals surface area contributed by atoms with Crippen LogP contribution in [0.2, 0.25) is 0 Å². The Morgan fingerprint density at radius 1 is 1.17 bits per heavy atom. The van der Waals surface area contributed by atoms with E-state index in [0.29, 0.717) is 6.54 Å². The van der Waals surface area contributed by atoms with Crippen LogP contribution in [0.5, 0.6) is 0 Å². The number of likely N-dealkylation sites (tertiary alicyclic amines) is 2. The highest BCUT2D eigenvalue weighted by molar-refractivity contribution is 7.18. The van der Waals surface area contributed by atoms with Crippen LogP contribution in [0.25, 0.3) is 10.2 Å². The number of carbonyl (C=O) groups is 1. The van der Waals surface area contributed by atoms with Crippen LogP contribution in [0.4, 0.5) is 0 Å². The maximum atomic E-state index is 13.6. The average Bonchev–Trinajstić information content (AvgIpc) is 3.31. The summed E-state index contributed by atoms with van der Waals surface area (Å²) < 4.78 is 1.96. The Labute approximate surface area is 176 Å². The van der Waals surface area contributed by atoms with Crippen LogP contribution >= 0.6 is 11.3 Å². The molecule has 2 fully saturated rings. The first-order valence-corrected chi connectivity index (χ1v) is 11.7. The molecule has 0 N–H and O–H groups in total. The van der Waals surface area contributed by atoms with Gasteiger partial charge in [0, 0.05) is 30.4 Å². The molecule has 4 rings (SSSR count). The van der Waals surface area contributed by atoms with Crippen molar-refractivity contribution in [2.75, 3.05) is 32.7 Å². The lowest BCUT2D eigenvalue weighted by Gasteiger charge is -2.35. The van der Waals surface area contributed by atoms with Crippen molar-refractivity contribution in [3.05, 3.63) is 26.6 Å². The van der Waals surface area contributed by atoms with Gasteiger partial charge in [0.05, 0.1) is 18.0 Å². The molecule has 2 aromatic rings. The first kappa shape index (κ1) is 20.5. The number of fused-ring (bicyclic) bond motifs is 1. The molecule has 0 saturated carbocycles. The fraction of sp³-hybridized carbons (Fsp3) is 0.682. The molecule has 158 valence electrons. The van der Waals surface area contributed by atoms with E-state index in [2.05, 4.69) is 25.7 Å². The van der Waals surface area contributed by atoms with Gasteiger partial charge in [0.1, 0.15) is 10.7 Å². The molecule has 2 aliphatic rings. The lowest BCUT2D eigenvalue weighted by atomic mass is 10.0. The largest absolute Gasteiger partial charge is 0.342 e. The van der Waals surface area contributed by atoms with Crippen molar-refractivity contribution in [1.82, 2.24) is 19.4 Å². The van der Waals surface area contributed by atoms with E-state index in [-0.39, 0.29) is 23.4 Å². The average molecular weight is 417 g/mol. The van der Waals surface area contributed by atoms with Gasteiger partial charge >= 0.3 is 0 Å². The Morgan fingerprint density at radius 3 is 2.59 bits per heavy atom. The van der Waals surface area contributed by atoms with Crippen molar-refractivity contribution in [2.24, 2.45) is 0 Å². The summed E-state index contributed by atoms with van der Waals surface area (Å²) in [5.41, 5.74) is 1.15. The molecule has 2 aliphatic heterocycles. The molecule has 2 aromatic heterocycles. The summed E-state index contributed by atoms with van der Waals surface area (Å²) in [7, 11) is 0. The Kier molecular flexibility index (Phi) is 5.80. The van der Waals surface area contributed by atoms with Crippen molar-refractivity contribution in [2.45, 2.75) is 65.3 Å². The number of rotatable bonds is 4. The minimum atomic E-state index is 0.0801. The Balaban J connectivity index is 1.65. The fourth-order valence-corrected chi connectivity index (χ4v) is 5.75. The van der Waals surface area contributed by atoms with E-state index in [0.717, 1.165) is 73.5 Å². The maximum Gasteiger partial charge on any atom is 0.262 e. The summed E-state index contributed by atoms with van der Waals surface area (Å²) in [4.78, 5) is 37.4. The Morgan fingerprint density at radius 2 is 1.90 bits per heavy atom. The van der Waals surface area contributed by atoms with Crippen LogP contribution in [0.1, 0.15) is 67.8 Å². The molecular weight excluding hydrogens is 384 g/mol. The SMILES string of the molecule is Cc1sc2nc(C(C)C)n([C@H]3CCCN(CC(=O)N4CCCC4)C3)c(=O)c2c1C. The van der Waals surface area contributed by atoms with Crippen LogP contribution in [-0.4, -0.2) is 58.0 Å². The summed E-state index contributed by atoms with van der Waals surface area (Å²) in [5.74, 6) is 1.29. The second-order valence-corrected chi connectivity index (χ2v) is 10.1. The minimum absolute atomic E-state index is 0.0801. The molecule has 0 spiro atoms. The van der Waals surface area contributed by atoms with Gasteiger partial charge in [0.25, 0.3) is 5.56 Å². The molecule has 0 aromatic carbocycles. The third kappa shape index (κ3) is 3.87. The summed E-state index contributed by atoms with van der Waals surface area (Å²) >= 11 is 1.62. The summed E-state index contributed by atoms with van der Waals surface area (Å²) in [6.45, 7) is 12.2. The number of amides is 1. The van der Waals surface area contributed by atoms with Crippen molar-refractivity contribution in [1.29, 1.82) is 0 Å². The topological polar surface area (TPSA) is 58.4 Å². The van der Waals surface area contributed by atoms with E-state index >= 15 is 0 Å². The van der Waals surface area contributed by atoms with E-state index in [1.165, 1.54) is 4.88 Å². The van der Waals surface area contributed by atoms with Gasteiger partial charge in [-0.1, -0.05) is 13.8 Å². The van der Waals surface area contributed by atoms with Crippen LogP contribution in [0.3, 0.4) is 0 Å². The minimum Gasteiger partial charge on any atom is -0.342 e. The molecule has 0 unspecified atom stereocenters. The highest BCUT2D eigenvalue weighted by Crippen LogP contribution is 2.30. The lowest BCUT2D eigenvalue weighted by Crippen LogP contribution is -2.45. The van der Waals surface area contributed by atoms with Gasteiger partial charge in [-0.3, -0.25) is 19.1 Å². The Hall–Kier alpha value is -1.73. The van der Waals surface area contributed by atoms with Crippen LogP contribution in [-0.2, 0) is 4.79 Å². The first-order valence-electron chi connectivity index (χ1n) is 10.9. The predicted octanol–water partition coefficient (Wildman–Crippen LogP) is 3.46. The predicted molar refractivity (Wildman–Crippen MR) is 118 cm³/mol. The highest BCUT2D eigenvalue weighted by atomic mass is 32.1. The number of piperidine rings is 1. The number of thiophene rings is 1. The van der Waals surface area contributed by atoms with Crippen LogP contribution in [0, 0.1) is 13.8 Å². The smallest absolute Gasteiger partial charge is 0.262 e. The maximum absolute atomic E-state index is 13.6. The zero-order valence-corrected chi connectivity index (χ0v) is 18.8. The zero-order chi connectivity index (χ0) is 20.7. The third-order valence-corrected chi connectivity index (χ3v) is 7.54. The third-order valence-electron chi connectivity index (χ3n) is 6.44. The number of hydrogen-bond acceptors (Lipinski definition) is 5. The van der Waals surface area contributed by atoms with Gasteiger partial charge in [0.2, 0.25) is 5.91 Å². The van der Waals surface area contributed by atoms with Crippen molar-refractivity contribution in [3.8, 4) is 0 Å². The van der Waals surface area contributed by atoms with Gasteiger partial charge in [-0.25, -0.2) is 4.98 Å². The summed E-state index contributed by atoms with van der Waals surface area (Å²) in [5, 5.41) is 0.780. The number of nitrogens with zero attached hydrogens (tertiary/aromatic N) is 4. The lowest BCUT2D eigenvalue weighted by molar-refractivity contribution is -0.131. The molecule has 6 nitrogen and oxygen atoms in total. The van der Waals surface area contributed by atoms with Crippen molar-refractivity contribution < 1.29 is 4.79 Å². The quantitative estimate of drug-likeness (QED) is 0.766. The molecule has 0 aliphatic carbocycles. The summed E-state index contributed by atoms with van der Waals surface area (Å²) in [6.07, 6.45) is 4.20. The van der Waals surface area contributed by atoms with Gasteiger partial charge < -0.3 is 4.90 Å². The van der Waals surface area contributed by atoms with E-state index in [9.17, 15) is 9.59 Å². The number of carbonyl (C=O) groups excluding carboxylic acids is 1. The van der Waals surface area contributed by atoms with E-state index in [1.807, 2.05) is 16.4 Å². The zero-order valence-electron chi connectivity index (χ0n) is 18.0. The molecular formula is C22H32N4O2S. The van der Waals surface area contributed by atoms with Crippen molar-refractivity contribution in [3.63, 3.8) is 0 Å². The van der Waals surface area contributed by atoms with Crippen LogP contribution in [0.15, 0.2) is 4.79 Å². The molecule has 1 atom stereocenters. The molecule has 4 heterocycles. The molecule has 1 amide bonds. The van der Waals surface area contributed by atoms with Gasteiger partial charge in [0.15, 0.2) is 0 Å². The Bertz CT molecular complexity index is 971. The second kappa shape index (κ2) is 8.19. The monoisotopic (exact) mass is 416 g/mol. The molecule has 0 bridgehead atoms. The fourth-order valence-electron chi connectivity index (χ4n) is 4.73. The summed E-state index contributed by atoms with van der Waals surface area (Å²) in [6, 6.07) is 0.0801. The van der Waals surface area contributed by atoms with Gasteiger partial charge in [-0.15, -0.1) is 11.3 Å². The molecule has 2 saturated heterocycles. The molecule has 29 heavy (non-hydrogen) atoms. The van der Waals surface area contributed by atoms with E-state index in [4.69, 9.17) is 4.98 Å².